The maximum atomic E-state index is 13.1. The van der Waals surface area contributed by atoms with E-state index in [0.717, 1.165) is 4.57 Å². The topological polar surface area (TPSA) is 91.6 Å². The Morgan fingerprint density at radius 2 is 1.87 bits per heavy atom. The normalized spacial score (nSPS) is 15.3. The summed E-state index contributed by atoms with van der Waals surface area (Å²) in [5, 5.41) is 3.05. The second kappa shape index (κ2) is 8.44. The number of rotatable bonds is 6. The molecule has 0 unspecified atom stereocenters. The number of benzene rings is 1. The van der Waals surface area contributed by atoms with Crippen molar-refractivity contribution in [3.63, 3.8) is 0 Å². The number of nitrogens with one attached hydrogen (secondary N) is 1. The molecule has 0 saturated carbocycles. The van der Waals surface area contributed by atoms with Gasteiger partial charge in [-0.15, -0.1) is 0 Å². The summed E-state index contributed by atoms with van der Waals surface area (Å²) < 4.78 is 13.2. The van der Waals surface area contributed by atoms with Gasteiger partial charge in [0.05, 0.1) is 23.7 Å². The van der Waals surface area contributed by atoms with Crippen LogP contribution in [0, 0.1) is 0 Å². The van der Waals surface area contributed by atoms with E-state index in [9.17, 15) is 14.4 Å². The standard InChI is InChI=1S/C22H25N3O5/c1-6-12-30-21(27)16-13(3)23-19-18(20(26)25(5)22(28)24(19)4)17(16)14-8-10-15(11-9-14)29-7-2/h6,8-11,17,23H,1,7,12H2,2-5H3/t17-/m0/s1. The SMILES string of the molecule is C=CCOC(=O)C1=C(C)Nc2c(c(=O)n(C)c(=O)n2C)[C@H]1c1ccc(OCC)cc1. The molecule has 30 heavy (non-hydrogen) atoms. The Balaban J connectivity index is 2.27. The lowest BCUT2D eigenvalue weighted by Crippen LogP contribution is -2.43. The number of carbonyl (C=O) groups is 1. The second-order valence-corrected chi connectivity index (χ2v) is 6.95. The van der Waals surface area contributed by atoms with Crippen LogP contribution in [0.3, 0.4) is 0 Å². The predicted molar refractivity (Wildman–Crippen MR) is 114 cm³/mol. The number of carbonyl (C=O) groups excluding carboxylic acids is 1. The summed E-state index contributed by atoms with van der Waals surface area (Å²) in [5.41, 5.74) is 0.910. The molecule has 0 fully saturated rings. The minimum absolute atomic E-state index is 0.0454. The molecule has 158 valence electrons. The Morgan fingerprint density at radius 3 is 2.47 bits per heavy atom. The molecule has 1 aromatic carbocycles. The molecule has 8 heteroatoms. The molecule has 2 aromatic rings. The maximum absolute atomic E-state index is 13.1. The zero-order valence-corrected chi connectivity index (χ0v) is 17.5. The van der Waals surface area contributed by atoms with Crippen LogP contribution < -0.4 is 21.3 Å². The molecular formula is C22H25N3O5. The fourth-order valence-corrected chi connectivity index (χ4v) is 3.63. The van der Waals surface area contributed by atoms with Gasteiger partial charge >= 0.3 is 11.7 Å². The van der Waals surface area contributed by atoms with Crippen molar-refractivity contribution in [2.24, 2.45) is 14.1 Å². The van der Waals surface area contributed by atoms with E-state index in [1.807, 2.05) is 19.1 Å². The van der Waals surface area contributed by atoms with Gasteiger partial charge in [-0.25, -0.2) is 9.59 Å². The first-order chi connectivity index (χ1) is 14.3. The van der Waals surface area contributed by atoms with Crippen LogP contribution in [-0.2, 0) is 23.6 Å². The second-order valence-electron chi connectivity index (χ2n) is 6.95. The summed E-state index contributed by atoms with van der Waals surface area (Å²) in [6, 6.07) is 7.19. The lowest BCUT2D eigenvalue weighted by atomic mass is 9.82. The van der Waals surface area contributed by atoms with Gasteiger partial charge in [0.2, 0.25) is 0 Å². The number of hydrogen-bond acceptors (Lipinski definition) is 6. The zero-order valence-electron chi connectivity index (χ0n) is 17.5. The number of esters is 1. The summed E-state index contributed by atoms with van der Waals surface area (Å²) in [6.45, 7) is 7.75. The fourth-order valence-electron chi connectivity index (χ4n) is 3.63. The first kappa shape index (κ1) is 21.2. The van der Waals surface area contributed by atoms with Crippen LogP contribution in [0.15, 0.2) is 57.8 Å². The average Bonchev–Trinajstić information content (AvgIpc) is 2.74. The average molecular weight is 411 g/mol. The van der Waals surface area contributed by atoms with Crippen LogP contribution in [0.2, 0.25) is 0 Å². The Labute approximate surface area is 174 Å². The monoisotopic (exact) mass is 411 g/mol. The van der Waals surface area contributed by atoms with Crippen LogP contribution in [0.1, 0.15) is 30.9 Å². The quantitative estimate of drug-likeness (QED) is 0.578. The number of nitrogens with zero attached hydrogens (tertiary/aromatic N) is 2. The minimum Gasteiger partial charge on any atom is -0.494 e. The fraction of sp³-hybridized carbons (Fsp3) is 0.318. The summed E-state index contributed by atoms with van der Waals surface area (Å²) in [6.07, 6.45) is 1.48. The molecule has 0 saturated heterocycles. The highest BCUT2D eigenvalue weighted by Crippen LogP contribution is 2.40. The molecule has 2 heterocycles. The van der Waals surface area contributed by atoms with Gasteiger partial charge in [0.15, 0.2) is 0 Å². The van der Waals surface area contributed by atoms with Gasteiger partial charge in [-0.2, -0.15) is 0 Å². The number of hydrogen-bond donors (Lipinski definition) is 1. The highest BCUT2D eigenvalue weighted by Gasteiger charge is 2.37. The number of allylic oxidation sites excluding steroid dienone is 1. The molecular weight excluding hydrogens is 386 g/mol. The minimum atomic E-state index is -0.709. The summed E-state index contributed by atoms with van der Waals surface area (Å²) >= 11 is 0. The predicted octanol–water partition coefficient (Wildman–Crippen LogP) is 2.04. The molecule has 0 bridgehead atoms. The molecule has 1 aliphatic heterocycles. The number of ether oxygens (including phenoxy) is 2. The number of anilines is 1. The van der Waals surface area contributed by atoms with Crippen LogP contribution in [0.4, 0.5) is 5.82 Å². The van der Waals surface area contributed by atoms with Gasteiger partial charge in [-0.3, -0.25) is 13.9 Å². The molecule has 0 amide bonds. The molecule has 8 nitrogen and oxygen atoms in total. The van der Waals surface area contributed by atoms with E-state index in [2.05, 4.69) is 11.9 Å². The highest BCUT2D eigenvalue weighted by molar-refractivity contribution is 5.94. The van der Waals surface area contributed by atoms with E-state index >= 15 is 0 Å². The van der Waals surface area contributed by atoms with Crippen molar-refractivity contribution >= 4 is 11.8 Å². The van der Waals surface area contributed by atoms with Crippen molar-refractivity contribution in [3.8, 4) is 5.75 Å². The lowest BCUT2D eigenvalue weighted by Gasteiger charge is -2.30. The van der Waals surface area contributed by atoms with Crippen LogP contribution in [0.5, 0.6) is 5.75 Å². The van der Waals surface area contributed by atoms with E-state index in [-0.39, 0.29) is 6.61 Å². The van der Waals surface area contributed by atoms with Gasteiger partial charge in [-0.1, -0.05) is 24.8 Å². The Morgan fingerprint density at radius 1 is 1.20 bits per heavy atom. The van der Waals surface area contributed by atoms with E-state index in [1.54, 1.807) is 26.1 Å². The van der Waals surface area contributed by atoms with E-state index in [4.69, 9.17) is 9.47 Å². The molecule has 1 aromatic heterocycles. The smallest absolute Gasteiger partial charge is 0.337 e. The van der Waals surface area contributed by atoms with Crippen LogP contribution in [0.25, 0.3) is 0 Å². The Hall–Kier alpha value is -3.55. The van der Waals surface area contributed by atoms with Crippen molar-refractivity contribution in [2.75, 3.05) is 18.5 Å². The summed E-state index contributed by atoms with van der Waals surface area (Å²) in [4.78, 5) is 38.5. The van der Waals surface area contributed by atoms with Crippen molar-refractivity contribution in [3.05, 3.63) is 80.2 Å². The van der Waals surface area contributed by atoms with E-state index in [1.165, 1.54) is 17.7 Å². The third-order valence-corrected chi connectivity index (χ3v) is 5.06. The van der Waals surface area contributed by atoms with Gasteiger partial charge < -0.3 is 14.8 Å². The van der Waals surface area contributed by atoms with Gasteiger partial charge in [-0.05, 0) is 31.5 Å². The molecule has 3 rings (SSSR count). The third-order valence-electron chi connectivity index (χ3n) is 5.06. The molecule has 1 atom stereocenters. The maximum Gasteiger partial charge on any atom is 0.337 e. The lowest BCUT2D eigenvalue weighted by molar-refractivity contribution is -0.138. The Bertz CT molecular complexity index is 1140. The first-order valence-corrected chi connectivity index (χ1v) is 9.60. The third kappa shape index (κ3) is 3.56. The van der Waals surface area contributed by atoms with E-state index < -0.39 is 23.1 Å². The van der Waals surface area contributed by atoms with Crippen molar-refractivity contribution < 1.29 is 14.3 Å². The summed E-state index contributed by atoms with van der Waals surface area (Å²) in [5.74, 6) is -0.222. The van der Waals surface area contributed by atoms with E-state index in [0.29, 0.717) is 40.6 Å². The number of fused-ring (bicyclic) bond motifs is 1. The number of aromatic nitrogens is 2. The van der Waals surface area contributed by atoms with Crippen LogP contribution >= 0.6 is 0 Å². The van der Waals surface area contributed by atoms with Gasteiger partial charge in [0, 0.05) is 19.8 Å². The van der Waals surface area contributed by atoms with Gasteiger partial charge in [0.1, 0.15) is 18.2 Å². The molecule has 0 spiro atoms. The zero-order chi connectivity index (χ0) is 22.0. The first-order valence-electron chi connectivity index (χ1n) is 9.60. The van der Waals surface area contributed by atoms with Crippen molar-refractivity contribution in [2.45, 2.75) is 19.8 Å². The molecule has 1 N–H and O–H groups in total. The summed E-state index contributed by atoms with van der Waals surface area (Å²) in [7, 11) is 3.00. The van der Waals surface area contributed by atoms with Gasteiger partial charge in [0.25, 0.3) is 5.56 Å². The molecule has 0 radical (unpaired) electrons. The molecule has 1 aliphatic rings. The van der Waals surface area contributed by atoms with Crippen molar-refractivity contribution in [1.82, 2.24) is 9.13 Å². The molecule has 0 aliphatic carbocycles. The Kier molecular flexibility index (Phi) is 5.96. The van der Waals surface area contributed by atoms with Crippen molar-refractivity contribution in [1.29, 1.82) is 0 Å². The van der Waals surface area contributed by atoms with Crippen LogP contribution in [-0.4, -0.2) is 28.3 Å². The highest BCUT2D eigenvalue weighted by atomic mass is 16.5. The largest absolute Gasteiger partial charge is 0.494 e.